The molecule has 2 amide bonds. The van der Waals surface area contributed by atoms with Crippen molar-refractivity contribution in [1.29, 1.82) is 0 Å². The topological polar surface area (TPSA) is 70.6 Å². The molecule has 112 valence electrons. The third-order valence-corrected chi connectivity index (χ3v) is 2.96. The molecule has 0 spiro atoms. The highest BCUT2D eigenvalue weighted by atomic mass is 16.2. The van der Waals surface area contributed by atoms with Crippen molar-refractivity contribution in [1.82, 2.24) is 5.43 Å². The van der Waals surface area contributed by atoms with Crippen LogP contribution < -0.4 is 10.7 Å². The van der Waals surface area contributed by atoms with Crippen molar-refractivity contribution in [3.8, 4) is 0 Å². The van der Waals surface area contributed by atoms with E-state index in [4.69, 9.17) is 0 Å². The fourth-order valence-electron chi connectivity index (χ4n) is 1.88. The minimum Gasteiger partial charge on any atom is -0.326 e. The fourth-order valence-corrected chi connectivity index (χ4v) is 1.88. The number of carbonyl (C=O) groups is 2. The molecule has 2 aromatic carbocycles. The van der Waals surface area contributed by atoms with Crippen LogP contribution in [0.4, 0.5) is 5.69 Å². The standard InChI is InChI=1S/C17H17N3O2/c1-12(15-9-6-10-16(11-15)18-13(2)21)19-20-17(22)14-7-4-3-5-8-14/h3-11H,1-2H3,(H,18,21)(H,20,22)/b19-12-. The van der Waals surface area contributed by atoms with Crippen LogP contribution in [0.3, 0.4) is 0 Å². The third-order valence-electron chi connectivity index (χ3n) is 2.96. The van der Waals surface area contributed by atoms with Crippen molar-refractivity contribution in [2.45, 2.75) is 13.8 Å². The van der Waals surface area contributed by atoms with Gasteiger partial charge in [-0.2, -0.15) is 5.10 Å². The molecule has 0 aliphatic heterocycles. The number of hydrogen-bond acceptors (Lipinski definition) is 3. The monoisotopic (exact) mass is 295 g/mol. The Bertz CT molecular complexity index is 709. The van der Waals surface area contributed by atoms with Crippen molar-refractivity contribution in [2.75, 3.05) is 5.32 Å². The Balaban J connectivity index is 2.09. The first kappa shape index (κ1) is 15.4. The zero-order valence-corrected chi connectivity index (χ0v) is 12.5. The van der Waals surface area contributed by atoms with Gasteiger partial charge in [0.15, 0.2) is 0 Å². The highest BCUT2D eigenvalue weighted by Crippen LogP contribution is 2.11. The molecule has 0 aromatic heterocycles. The molecule has 0 saturated heterocycles. The van der Waals surface area contributed by atoms with Gasteiger partial charge in [0.1, 0.15) is 0 Å². The lowest BCUT2D eigenvalue weighted by atomic mass is 10.1. The molecule has 0 aliphatic rings. The summed E-state index contributed by atoms with van der Waals surface area (Å²) in [6, 6.07) is 16.1. The van der Waals surface area contributed by atoms with Gasteiger partial charge in [-0.05, 0) is 36.8 Å². The van der Waals surface area contributed by atoms with Crippen LogP contribution >= 0.6 is 0 Å². The molecule has 2 aromatic rings. The number of rotatable bonds is 4. The summed E-state index contributed by atoms with van der Waals surface area (Å²) in [5.41, 5.74) is 5.22. The van der Waals surface area contributed by atoms with E-state index in [9.17, 15) is 9.59 Å². The van der Waals surface area contributed by atoms with Crippen LogP contribution in [-0.4, -0.2) is 17.5 Å². The summed E-state index contributed by atoms with van der Waals surface area (Å²) in [6.45, 7) is 3.24. The van der Waals surface area contributed by atoms with Crippen LogP contribution in [0, 0.1) is 0 Å². The van der Waals surface area contributed by atoms with Crippen molar-refractivity contribution < 1.29 is 9.59 Å². The molecule has 2 N–H and O–H groups in total. The number of hydrogen-bond donors (Lipinski definition) is 2. The maximum absolute atomic E-state index is 11.9. The van der Waals surface area contributed by atoms with Gasteiger partial charge in [0.25, 0.3) is 5.91 Å². The number of hydrazone groups is 1. The van der Waals surface area contributed by atoms with Crippen LogP contribution in [0.2, 0.25) is 0 Å². The fraction of sp³-hybridized carbons (Fsp3) is 0.118. The van der Waals surface area contributed by atoms with Gasteiger partial charge in [0.2, 0.25) is 5.91 Å². The summed E-state index contributed by atoms with van der Waals surface area (Å²) < 4.78 is 0. The molecule has 0 heterocycles. The van der Waals surface area contributed by atoms with E-state index >= 15 is 0 Å². The second-order valence-corrected chi connectivity index (χ2v) is 4.77. The van der Waals surface area contributed by atoms with Gasteiger partial charge in [-0.25, -0.2) is 5.43 Å². The van der Waals surface area contributed by atoms with Gasteiger partial charge in [-0.15, -0.1) is 0 Å². The van der Waals surface area contributed by atoms with Crippen molar-refractivity contribution >= 4 is 23.2 Å². The van der Waals surface area contributed by atoms with Crippen LogP contribution in [0.1, 0.15) is 29.8 Å². The summed E-state index contributed by atoms with van der Waals surface area (Å²) >= 11 is 0. The third kappa shape index (κ3) is 4.28. The Morgan fingerprint density at radius 3 is 2.27 bits per heavy atom. The summed E-state index contributed by atoms with van der Waals surface area (Å²) in [5.74, 6) is -0.401. The van der Waals surface area contributed by atoms with Crippen LogP contribution in [0.5, 0.6) is 0 Å². The minimum absolute atomic E-state index is 0.135. The number of benzene rings is 2. The Kier molecular flexibility index (Phi) is 5.03. The first-order valence-corrected chi connectivity index (χ1v) is 6.84. The summed E-state index contributed by atoms with van der Waals surface area (Å²) in [4.78, 5) is 23.0. The number of nitrogens with zero attached hydrogens (tertiary/aromatic N) is 1. The van der Waals surface area contributed by atoms with Crippen molar-refractivity contribution in [3.63, 3.8) is 0 Å². The number of carbonyl (C=O) groups excluding carboxylic acids is 2. The van der Waals surface area contributed by atoms with E-state index in [1.165, 1.54) is 6.92 Å². The smallest absolute Gasteiger partial charge is 0.271 e. The van der Waals surface area contributed by atoms with Crippen molar-refractivity contribution in [2.24, 2.45) is 5.10 Å². The van der Waals surface area contributed by atoms with Crippen LogP contribution in [0.25, 0.3) is 0 Å². The highest BCUT2D eigenvalue weighted by Gasteiger charge is 2.04. The first-order chi connectivity index (χ1) is 10.6. The predicted octanol–water partition coefficient (Wildman–Crippen LogP) is 2.80. The summed E-state index contributed by atoms with van der Waals surface area (Å²) in [7, 11) is 0. The van der Waals surface area contributed by atoms with Gasteiger partial charge in [0.05, 0.1) is 5.71 Å². The van der Waals surface area contributed by atoms with E-state index in [0.29, 0.717) is 17.0 Å². The predicted molar refractivity (Wildman–Crippen MR) is 86.9 cm³/mol. The molecule has 5 nitrogen and oxygen atoms in total. The summed E-state index contributed by atoms with van der Waals surface area (Å²) in [6.07, 6.45) is 0. The maximum atomic E-state index is 11.9. The molecule has 0 saturated carbocycles. The van der Waals surface area contributed by atoms with E-state index in [2.05, 4.69) is 15.8 Å². The molecular formula is C17H17N3O2. The number of amides is 2. The SMILES string of the molecule is CC(=O)Nc1cccc(/C(C)=N\NC(=O)c2ccccc2)c1. The normalized spacial score (nSPS) is 10.9. The second kappa shape index (κ2) is 7.17. The van der Waals surface area contributed by atoms with E-state index in [1.54, 1.807) is 43.3 Å². The molecule has 2 rings (SSSR count). The van der Waals surface area contributed by atoms with Crippen molar-refractivity contribution in [3.05, 3.63) is 65.7 Å². The quantitative estimate of drug-likeness (QED) is 0.672. The first-order valence-electron chi connectivity index (χ1n) is 6.84. The lowest BCUT2D eigenvalue weighted by molar-refractivity contribution is -0.114. The molecule has 5 heteroatoms. The average molecular weight is 295 g/mol. The number of nitrogens with one attached hydrogen (secondary N) is 2. The van der Waals surface area contributed by atoms with Gasteiger partial charge in [0, 0.05) is 18.2 Å². The van der Waals surface area contributed by atoms with Crippen LogP contribution in [0.15, 0.2) is 59.7 Å². The van der Waals surface area contributed by atoms with Gasteiger partial charge in [-0.1, -0.05) is 30.3 Å². The Hall–Kier alpha value is -2.95. The molecule has 0 unspecified atom stereocenters. The van der Waals surface area contributed by atoms with Gasteiger partial charge in [-0.3, -0.25) is 9.59 Å². The molecular weight excluding hydrogens is 278 g/mol. The molecule has 0 aliphatic carbocycles. The second-order valence-electron chi connectivity index (χ2n) is 4.77. The zero-order chi connectivity index (χ0) is 15.9. The molecule has 0 atom stereocenters. The van der Waals surface area contributed by atoms with Crippen LogP contribution in [-0.2, 0) is 4.79 Å². The highest BCUT2D eigenvalue weighted by molar-refractivity contribution is 6.02. The van der Waals surface area contributed by atoms with E-state index in [1.807, 2.05) is 18.2 Å². The lowest BCUT2D eigenvalue weighted by Gasteiger charge is -2.06. The Morgan fingerprint density at radius 2 is 1.59 bits per heavy atom. The molecule has 0 radical (unpaired) electrons. The zero-order valence-electron chi connectivity index (χ0n) is 12.5. The number of anilines is 1. The van der Waals surface area contributed by atoms with Gasteiger partial charge >= 0.3 is 0 Å². The van der Waals surface area contributed by atoms with E-state index in [-0.39, 0.29) is 11.8 Å². The molecule has 0 fully saturated rings. The maximum Gasteiger partial charge on any atom is 0.271 e. The molecule has 0 bridgehead atoms. The van der Waals surface area contributed by atoms with E-state index < -0.39 is 0 Å². The Morgan fingerprint density at radius 1 is 0.909 bits per heavy atom. The van der Waals surface area contributed by atoms with Gasteiger partial charge < -0.3 is 5.32 Å². The molecule has 22 heavy (non-hydrogen) atoms. The Labute approximate surface area is 129 Å². The summed E-state index contributed by atoms with van der Waals surface area (Å²) in [5, 5.41) is 6.80. The average Bonchev–Trinajstić information content (AvgIpc) is 2.52. The minimum atomic E-state index is -0.266. The largest absolute Gasteiger partial charge is 0.326 e. The van der Waals surface area contributed by atoms with E-state index in [0.717, 1.165) is 5.56 Å². The lowest BCUT2D eigenvalue weighted by Crippen LogP contribution is -2.19.